The average molecular weight is 700 g/mol. The predicted octanol–water partition coefficient (Wildman–Crippen LogP) is 4.53. The number of carbonyl (C=O) groups is 4. The first kappa shape index (κ1) is 34.7. The number of carbonyl (C=O) groups excluding carboxylic acids is 4. The number of thiazole rings is 1. The van der Waals surface area contributed by atoms with Crippen LogP contribution in [-0.4, -0.2) is 85.1 Å². The van der Waals surface area contributed by atoms with Crippen molar-refractivity contribution >= 4 is 50.3 Å². The molecule has 1 saturated heterocycles. The highest BCUT2D eigenvalue weighted by molar-refractivity contribution is 7.22. The molecule has 0 saturated carbocycles. The van der Waals surface area contributed by atoms with Crippen LogP contribution in [0.1, 0.15) is 48.5 Å². The zero-order valence-electron chi connectivity index (χ0n) is 28.2. The van der Waals surface area contributed by atoms with Gasteiger partial charge in [-0.15, -0.1) is 0 Å². The Kier molecular flexibility index (Phi) is 10.8. The van der Waals surface area contributed by atoms with E-state index >= 15 is 0 Å². The molecule has 1 atom stereocenters. The lowest BCUT2D eigenvalue weighted by atomic mass is 9.98. The van der Waals surface area contributed by atoms with E-state index in [1.807, 2.05) is 31.2 Å². The molecule has 3 N–H and O–H groups in total. The van der Waals surface area contributed by atoms with Crippen LogP contribution in [-0.2, 0) is 20.8 Å². The number of aromatic nitrogens is 1. The van der Waals surface area contributed by atoms with Crippen LogP contribution in [0.25, 0.3) is 21.3 Å². The van der Waals surface area contributed by atoms with Gasteiger partial charge in [0.2, 0.25) is 17.7 Å². The van der Waals surface area contributed by atoms with Crippen LogP contribution in [0.3, 0.4) is 0 Å². The molecule has 6 rings (SSSR count). The van der Waals surface area contributed by atoms with Gasteiger partial charge in [-0.25, -0.2) is 4.98 Å². The first-order chi connectivity index (χ1) is 24.2. The molecule has 262 valence electrons. The molecule has 12 nitrogen and oxygen atoms in total. The van der Waals surface area contributed by atoms with E-state index in [0.29, 0.717) is 73.1 Å². The Hall–Kier alpha value is -5.17. The number of amides is 4. The standard InChI is InChI=1S/C37H41N5O7S/c1-3-49-26-9-10-29-32(21-26)50-37(40-29)42-22-25(20-34(42)45)36(47)41-16-4-6-33(44)38-15-13-23-7-11-30(43)27(18-23)24-8-12-31(48-2)28(19-24)35(46)39-14-5-17-41/h7-12,18-19,21,25,43H,3-6,13-17,20,22H2,1-2H3,(H,38,44)(H,39,46). The number of nitrogens with zero attached hydrogens (tertiary/aromatic N) is 3. The molecule has 4 bridgehead atoms. The first-order valence-corrected chi connectivity index (χ1v) is 17.7. The van der Waals surface area contributed by atoms with Crippen molar-refractivity contribution in [3.05, 3.63) is 65.7 Å². The summed E-state index contributed by atoms with van der Waals surface area (Å²) in [6, 6.07) is 16.0. The molecule has 50 heavy (non-hydrogen) atoms. The summed E-state index contributed by atoms with van der Waals surface area (Å²) in [6.45, 7) is 4.04. The van der Waals surface area contributed by atoms with Gasteiger partial charge in [-0.2, -0.15) is 0 Å². The largest absolute Gasteiger partial charge is 0.507 e. The number of nitrogens with one attached hydrogen (secondary N) is 2. The SMILES string of the molecule is CCOc1ccc2nc(N3CC(C(=O)N4CCCNC(=O)c5cc(ccc5OC)-c5cc(ccc5O)CCNC(=O)CCC4)CC3=O)sc2c1. The van der Waals surface area contributed by atoms with E-state index in [4.69, 9.17) is 9.47 Å². The van der Waals surface area contributed by atoms with Gasteiger partial charge in [0.15, 0.2) is 5.13 Å². The molecule has 2 aliphatic rings. The zero-order valence-corrected chi connectivity index (χ0v) is 29.0. The molecule has 0 spiro atoms. The van der Waals surface area contributed by atoms with Gasteiger partial charge in [0.1, 0.15) is 17.2 Å². The van der Waals surface area contributed by atoms with Gasteiger partial charge < -0.3 is 30.1 Å². The summed E-state index contributed by atoms with van der Waals surface area (Å²) < 4.78 is 12.0. The molecule has 1 aromatic heterocycles. The number of methoxy groups -OCH3 is 1. The summed E-state index contributed by atoms with van der Waals surface area (Å²) in [7, 11) is 1.49. The van der Waals surface area contributed by atoms with Crippen molar-refractivity contribution in [3.63, 3.8) is 0 Å². The Morgan fingerprint density at radius 2 is 1.82 bits per heavy atom. The van der Waals surface area contributed by atoms with E-state index in [1.165, 1.54) is 18.4 Å². The van der Waals surface area contributed by atoms with E-state index < -0.39 is 5.92 Å². The highest BCUT2D eigenvalue weighted by Crippen LogP contribution is 2.36. The average Bonchev–Trinajstić information content (AvgIpc) is 3.72. The maximum absolute atomic E-state index is 13.9. The number of aromatic hydroxyl groups is 1. The van der Waals surface area contributed by atoms with Gasteiger partial charge >= 0.3 is 0 Å². The number of rotatable bonds is 5. The summed E-state index contributed by atoms with van der Waals surface area (Å²) in [5, 5.41) is 17.1. The van der Waals surface area contributed by atoms with Crippen LogP contribution in [0, 0.1) is 5.92 Å². The quantitative estimate of drug-likeness (QED) is 0.275. The van der Waals surface area contributed by atoms with Crippen molar-refractivity contribution in [2.45, 2.75) is 39.0 Å². The molecule has 3 aromatic carbocycles. The molecule has 4 amide bonds. The topological polar surface area (TPSA) is 150 Å². The van der Waals surface area contributed by atoms with Crippen LogP contribution >= 0.6 is 11.3 Å². The van der Waals surface area contributed by atoms with Gasteiger partial charge in [-0.05, 0) is 79.8 Å². The fourth-order valence-corrected chi connectivity index (χ4v) is 7.39. The van der Waals surface area contributed by atoms with Crippen LogP contribution in [0.2, 0.25) is 0 Å². The minimum Gasteiger partial charge on any atom is -0.507 e. The molecule has 0 aliphatic carbocycles. The number of ether oxygens (including phenoxy) is 2. The van der Waals surface area contributed by atoms with Crippen molar-refractivity contribution in [1.29, 1.82) is 0 Å². The Morgan fingerprint density at radius 1 is 0.980 bits per heavy atom. The normalized spacial score (nSPS) is 17.8. The van der Waals surface area contributed by atoms with Crippen LogP contribution < -0.4 is 25.0 Å². The third-order valence-electron chi connectivity index (χ3n) is 8.95. The number of phenolic OH excluding ortho intramolecular Hbond substituents is 1. The van der Waals surface area contributed by atoms with Crippen LogP contribution in [0.5, 0.6) is 17.2 Å². The van der Waals surface area contributed by atoms with Gasteiger partial charge in [0.25, 0.3) is 5.91 Å². The van der Waals surface area contributed by atoms with Gasteiger partial charge in [-0.1, -0.05) is 23.5 Å². The lowest BCUT2D eigenvalue weighted by Crippen LogP contribution is -2.40. The molecule has 0 radical (unpaired) electrons. The van der Waals surface area contributed by atoms with Gasteiger partial charge in [0.05, 0.1) is 35.4 Å². The number of benzene rings is 3. The maximum Gasteiger partial charge on any atom is 0.255 e. The summed E-state index contributed by atoms with van der Waals surface area (Å²) in [4.78, 5) is 61.2. The Morgan fingerprint density at radius 3 is 2.64 bits per heavy atom. The lowest BCUT2D eigenvalue weighted by Gasteiger charge is -2.25. The fraction of sp³-hybridized carbons (Fsp3) is 0.378. The zero-order chi connectivity index (χ0) is 35.2. The first-order valence-electron chi connectivity index (χ1n) is 16.9. The van der Waals surface area contributed by atoms with Gasteiger partial charge in [0, 0.05) is 51.1 Å². The van der Waals surface area contributed by atoms with E-state index in [2.05, 4.69) is 15.6 Å². The summed E-state index contributed by atoms with van der Waals surface area (Å²) >= 11 is 1.39. The Labute approximate surface area is 294 Å². The predicted molar refractivity (Wildman–Crippen MR) is 191 cm³/mol. The van der Waals surface area contributed by atoms with Crippen LogP contribution in [0.4, 0.5) is 5.13 Å². The third-order valence-corrected chi connectivity index (χ3v) is 9.99. The van der Waals surface area contributed by atoms with Crippen molar-refractivity contribution in [3.8, 4) is 28.4 Å². The molecular formula is C37H41N5O7S. The minimum atomic E-state index is -0.558. The highest BCUT2D eigenvalue weighted by atomic mass is 32.1. The van der Waals surface area contributed by atoms with Crippen molar-refractivity contribution in [2.75, 3.05) is 51.3 Å². The van der Waals surface area contributed by atoms with Crippen molar-refractivity contribution < 1.29 is 33.8 Å². The summed E-state index contributed by atoms with van der Waals surface area (Å²) in [5.74, 6) is -0.135. The number of hydrogen-bond donors (Lipinski definition) is 3. The molecule has 1 unspecified atom stereocenters. The molecule has 3 heterocycles. The van der Waals surface area contributed by atoms with E-state index in [0.717, 1.165) is 21.5 Å². The van der Waals surface area contributed by atoms with Gasteiger partial charge in [-0.3, -0.25) is 24.1 Å². The number of hydrogen-bond acceptors (Lipinski definition) is 9. The van der Waals surface area contributed by atoms with Crippen molar-refractivity contribution in [1.82, 2.24) is 20.5 Å². The number of fused-ring (bicyclic) bond motifs is 6. The minimum absolute atomic E-state index is 0.0685. The monoisotopic (exact) mass is 699 g/mol. The maximum atomic E-state index is 13.9. The van der Waals surface area contributed by atoms with E-state index in [1.54, 1.807) is 40.1 Å². The second kappa shape index (κ2) is 15.6. The second-order valence-electron chi connectivity index (χ2n) is 12.4. The van der Waals surface area contributed by atoms with Crippen molar-refractivity contribution in [2.24, 2.45) is 5.92 Å². The molecule has 4 aromatic rings. The molecular weight excluding hydrogens is 659 g/mol. The Bertz CT molecular complexity index is 1910. The summed E-state index contributed by atoms with van der Waals surface area (Å²) in [5.41, 5.74) is 3.21. The third kappa shape index (κ3) is 7.83. The van der Waals surface area contributed by atoms with Crippen LogP contribution in [0.15, 0.2) is 54.6 Å². The Balaban J connectivity index is 1.17. The molecule has 1 fully saturated rings. The van der Waals surface area contributed by atoms with E-state index in [9.17, 15) is 24.3 Å². The number of phenols is 1. The van der Waals surface area contributed by atoms with E-state index in [-0.39, 0.29) is 55.3 Å². The highest BCUT2D eigenvalue weighted by Gasteiger charge is 2.38. The fourth-order valence-electron chi connectivity index (χ4n) is 6.37. The lowest BCUT2D eigenvalue weighted by molar-refractivity contribution is -0.136. The number of anilines is 1. The molecule has 2 aliphatic heterocycles. The second-order valence-corrected chi connectivity index (χ2v) is 13.4. The smallest absolute Gasteiger partial charge is 0.255 e. The summed E-state index contributed by atoms with van der Waals surface area (Å²) in [6.07, 6.45) is 1.75. The molecule has 13 heteroatoms.